The van der Waals surface area contributed by atoms with Gasteiger partial charge in [0.15, 0.2) is 18.1 Å². The average molecular weight is 574 g/mol. The number of aryl methyl sites for hydroxylation is 1. The first kappa shape index (κ1) is 26.2. The molecule has 0 amide bonds. The van der Waals surface area contributed by atoms with E-state index in [4.69, 9.17) is 29.1 Å². The number of hydrogen-bond acceptors (Lipinski definition) is 9. The second kappa shape index (κ2) is 10.9. The second-order valence-electron chi connectivity index (χ2n) is 9.90. The first-order valence-corrected chi connectivity index (χ1v) is 13.6. The molecule has 1 aliphatic rings. The highest BCUT2D eigenvalue weighted by atomic mass is 16.6. The summed E-state index contributed by atoms with van der Waals surface area (Å²) in [6.45, 7) is 2.06. The zero-order valence-corrected chi connectivity index (χ0v) is 23.7. The van der Waals surface area contributed by atoms with E-state index in [1.807, 2.05) is 90.5 Å². The van der Waals surface area contributed by atoms with Gasteiger partial charge in [0.2, 0.25) is 11.8 Å². The summed E-state index contributed by atoms with van der Waals surface area (Å²) >= 11 is 0. The van der Waals surface area contributed by atoms with Crippen LogP contribution in [0.15, 0.2) is 90.3 Å². The van der Waals surface area contributed by atoms with E-state index in [2.05, 4.69) is 15.2 Å². The van der Waals surface area contributed by atoms with Crippen molar-refractivity contribution in [3.8, 4) is 28.9 Å². The van der Waals surface area contributed by atoms with Crippen molar-refractivity contribution >= 4 is 11.9 Å². The van der Waals surface area contributed by atoms with Crippen molar-refractivity contribution in [2.75, 3.05) is 14.2 Å². The van der Waals surface area contributed by atoms with Crippen LogP contribution in [-0.4, -0.2) is 49.8 Å². The van der Waals surface area contributed by atoms with Crippen molar-refractivity contribution in [1.29, 1.82) is 0 Å². The molecule has 0 saturated heterocycles. The monoisotopic (exact) mass is 573 g/mol. The summed E-state index contributed by atoms with van der Waals surface area (Å²) in [7, 11) is 3.28. The maximum absolute atomic E-state index is 6.48. The van der Waals surface area contributed by atoms with Gasteiger partial charge in [0.25, 0.3) is 0 Å². The molecular formula is C32H27N7O4. The lowest BCUT2D eigenvalue weighted by atomic mass is 9.84. The molecule has 11 heteroatoms. The Morgan fingerprint density at radius 1 is 0.884 bits per heavy atom. The molecule has 0 fully saturated rings. The molecule has 0 saturated carbocycles. The topological polar surface area (TPSA) is 110 Å². The molecule has 6 aromatic rings. The minimum absolute atomic E-state index is 0.0768. The number of oxime groups is 1. The summed E-state index contributed by atoms with van der Waals surface area (Å²) in [5, 5.41) is 13.6. The van der Waals surface area contributed by atoms with Crippen LogP contribution in [-0.2, 0) is 11.4 Å². The molecule has 214 valence electrons. The highest BCUT2D eigenvalue weighted by Gasteiger charge is 2.38. The number of fused-ring (bicyclic) bond motifs is 4. The summed E-state index contributed by atoms with van der Waals surface area (Å²) in [6.07, 6.45) is 3.22. The maximum Gasteiger partial charge on any atom is 0.230 e. The lowest BCUT2D eigenvalue weighted by Crippen LogP contribution is -2.16. The van der Waals surface area contributed by atoms with E-state index in [0.717, 1.165) is 45.1 Å². The number of rotatable bonds is 8. The van der Waals surface area contributed by atoms with Gasteiger partial charge in [0.1, 0.15) is 17.8 Å². The minimum atomic E-state index is -0.274. The summed E-state index contributed by atoms with van der Waals surface area (Å²) in [5.41, 5.74) is 5.95. The van der Waals surface area contributed by atoms with Crippen LogP contribution in [0.25, 0.3) is 11.3 Å². The number of para-hydroxylation sites is 1. The predicted octanol–water partition coefficient (Wildman–Crippen LogP) is 5.47. The van der Waals surface area contributed by atoms with E-state index in [1.54, 1.807) is 31.3 Å². The number of aromatic nitrogens is 6. The summed E-state index contributed by atoms with van der Waals surface area (Å²) in [4.78, 5) is 15.0. The molecule has 7 rings (SSSR count). The number of nitrogens with zero attached hydrogens (tertiary/aromatic N) is 7. The molecule has 3 aromatic carbocycles. The second-order valence-corrected chi connectivity index (χ2v) is 9.90. The number of benzene rings is 3. The maximum atomic E-state index is 6.48. The predicted molar refractivity (Wildman–Crippen MR) is 158 cm³/mol. The van der Waals surface area contributed by atoms with Gasteiger partial charge < -0.3 is 19.0 Å². The fourth-order valence-corrected chi connectivity index (χ4v) is 5.24. The highest BCUT2D eigenvalue weighted by molar-refractivity contribution is 5.79. The molecule has 4 heterocycles. The molecule has 1 aliphatic heterocycles. The van der Waals surface area contributed by atoms with Crippen molar-refractivity contribution in [2.24, 2.45) is 5.16 Å². The Balaban J connectivity index is 1.27. The Morgan fingerprint density at radius 3 is 2.33 bits per heavy atom. The van der Waals surface area contributed by atoms with Crippen LogP contribution in [0.3, 0.4) is 0 Å². The molecule has 0 bridgehead atoms. The third kappa shape index (κ3) is 4.80. The zero-order chi connectivity index (χ0) is 29.3. The third-order valence-electron chi connectivity index (χ3n) is 7.30. The van der Waals surface area contributed by atoms with Crippen molar-refractivity contribution in [1.82, 2.24) is 29.4 Å². The van der Waals surface area contributed by atoms with Crippen LogP contribution >= 0.6 is 0 Å². The summed E-state index contributed by atoms with van der Waals surface area (Å²) in [5.74, 6) is 2.78. The molecule has 1 atom stereocenters. The first-order valence-electron chi connectivity index (χ1n) is 13.6. The quantitative estimate of drug-likeness (QED) is 0.174. The van der Waals surface area contributed by atoms with Crippen LogP contribution in [0.4, 0.5) is 0 Å². The zero-order valence-electron chi connectivity index (χ0n) is 23.7. The number of hydrogen-bond donors (Lipinski definition) is 0. The molecule has 0 radical (unpaired) electrons. The highest BCUT2D eigenvalue weighted by Crippen LogP contribution is 2.49. The normalized spacial score (nSPS) is 13.9. The van der Waals surface area contributed by atoms with E-state index in [9.17, 15) is 0 Å². The Bertz CT molecular complexity index is 1930. The fourth-order valence-electron chi connectivity index (χ4n) is 5.24. The molecule has 0 N–H and O–H groups in total. The van der Waals surface area contributed by atoms with Crippen LogP contribution < -0.4 is 14.2 Å². The molecule has 1 unspecified atom stereocenters. The Kier molecular flexibility index (Phi) is 6.66. The number of methoxy groups -OCH3 is 2. The van der Waals surface area contributed by atoms with Gasteiger partial charge >= 0.3 is 0 Å². The minimum Gasteiger partial charge on any atom is -0.497 e. The lowest BCUT2D eigenvalue weighted by Gasteiger charge is -2.26. The first-order chi connectivity index (χ1) is 21.1. The van der Waals surface area contributed by atoms with Crippen molar-refractivity contribution in [3.05, 3.63) is 119 Å². The van der Waals surface area contributed by atoms with Gasteiger partial charge in [-0.15, -0.1) is 5.10 Å². The van der Waals surface area contributed by atoms with Gasteiger partial charge in [0.05, 0.1) is 48.9 Å². The van der Waals surface area contributed by atoms with Crippen molar-refractivity contribution < 1.29 is 19.0 Å². The molecule has 43 heavy (non-hydrogen) atoms. The molecular weight excluding hydrogens is 546 g/mol. The SMILES string of the molecule is COc1ccc(/C=N/OCc2nc3c4c(ncn3n2)Oc2c(c(C)nn2-c2ccccc2)C4c2ccc(OC)cc2)cc1. The lowest BCUT2D eigenvalue weighted by molar-refractivity contribution is 0.126. The average Bonchev–Trinajstić information content (AvgIpc) is 3.63. The molecule has 3 aromatic heterocycles. The van der Waals surface area contributed by atoms with Gasteiger partial charge in [-0.05, 0) is 66.6 Å². The van der Waals surface area contributed by atoms with Crippen LogP contribution in [0, 0.1) is 6.92 Å². The van der Waals surface area contributed by atoms with Gasteiger partial charge in [0, 0.05) is 0 Å². The molecule has 11 nitrogen and oxygen atoms in total. The Hall–Kier alpha value is -5.71. The van der Waals surface area contributed by atoms with Gasteiger partial charge in [-0.25, -0.2) is 19.2 Å². The van der Waals surface area contributed by atoms with Gasteiger partial charge in [-0.2, -0.15) is 5.10 Å². The van der Waals surface area contributed by atoms with Crippen molar-refractivity contribution in [3.63, 3.8) is 0 Å². The van der Waals surface area contributed by atoms with Crippen LogP contribution in [0.5, 0.6) is 23.3 Å². The largest absolute Gasteiger partial charge is 0.497 e. The molecule has 0 spiro atoms. The summed E-state index contributed by atoms with van der Waals surface area (Å²) < 4.78 is 20.6. The van der Waals surface area contributed by atoms with Crippen molar-refractivity contribution in [2.45, 2.75) is 19.4 Å². The summed E-state index contributed by atoms with van der Waals surface area (Å²) in [6, 6.07) is 25.4. The van der Waals surface area contributed by atoms with E-state index < -0.39 is 0 Å². The third-order valence-corrected chi connectivity index (χ3v) is 7.30. The van der Waals surface area contributed by atoms with E-state index in [0.29, 0.717) is 23.2 Å². The number of ether oxygens (including phenoxy) is 3. The van der Waals surface area contributed by atoms with E-state index in [-0.39, 0.29) is 12.5 Å². The molecule has 0 aliphatic carbocycles. The van der Waals surface area contributed by atoms with Gasteiger partial charge in [-0.3, -0.25) is 0 Å². The fraction of sp³-hybridized carbons (Fsp3) is 0.156. The smallest absolute Gasteiger partial charge is 0.230 e. The van der Waals surface area contributed by atoms with E-state index in [1.165, 1.54) is 0 Å². The van der Waals surface area contributed by atoms with E-state index >= 15 is 0 Å². The van der Waals surface area contributed by atoms with Crippen LogP contribution in [0.1, 0.15) is 39.7 Å². The Morgan fingerprint density at radius 2 is 1.60 bits per heavy atom. The van der Waals surface area contributed by atoms with Crippen LogP contribution in [0.2, 0.25) is 0 Å². The standard InChI is InChI=1S/C32H27N7O4/c1-20-27-28(22-11-15-25(41-3)16-12-22)29-30-35-26(18-42-34-17-21-9-13-24(40-2)14-10-21)37-38(30)19-33-31(29)43-32(27)39(36-20)23-7-5-4-6-8-23/h4-17,19,28H,18H2,1-3H3/b34-17+. The van der Waals surface area contributed by atoms with Gasteiger partial charge in [-0.1, -0.05) is 35.5 Å². The Labute approximate surface area is 246 Å².